The number of halogens is 1. The van der Waals surface area contributed by atoms with Crippen molar-refractivity contribution in [2.75, 3.05) is 26.7 Å². The van der Waals surface area contributed by atoms with Crippen molar-refractivity contribution >= 4 is 29.6 Å². The normalized spacial score (nSPS) is 26.4. The molecular formula is C26H38ClN3O6. The Morgan fingerprint density at radius 1 is 1.22 bits per heavy atom. The van der Waals surface area contributed by atoms with E-state index in [0.717, 1.165) is 31.2 Å². The van der Waals surface area contributed by atoms with E-state index in [9.17, 15) is 19.5 Å². The molecule has 0 aromatic heterocycles. The molecule has 2 atom stereocenters. The lowest BCUT2D eigenvalue weighted by molar-refractivity contribution is -0.150. The molecule has 200 valence electrons. The van der Waals surface area contributed by atoms with Gasteiger partial charge >= 0.3 is 12.1 Å². The summed E-state index contributed by atoms with van der Waals surface area (Å²) in [6.45, 7) is 6.10. The fourth-order valence-corrected chi connectivity index (χ4v) is 5.29. The Hall–Kier alpha value is -2.36. The van der Waals surface area contributed by atoms with Crippen LogP contribution in [0.2, 0.25) is 5.02 Å². The fraction of sp³-hybridized carbons (Fsp3) is 0.654. The van der Waals surface area contributed by atoms with Crippen LogP contribution < -0.4 is 10.6 Å². The predicted octanol–water partition coefficient (Wildman–Crippen LogP) is 2.77. The molecule has 1 aromatic carbocycles. The monoisotopic (exact) mass is 523 g/mol. The van der Waals surface area contributed by atoms with Crippen molar-refractivity contribution in [3.63, 3.8) is 0 Å². The minimum Gasteiger partial charge on any atom is -0.467 e. The number of aliphatic hydroxyl groups excluding tert-OH is 1. The standard InChI is InChI=1S/C26H38ClN3O6/c1-25(2,3)36-24(34)29-16-26(17-6-5-7-18(27)12-17)10-8-19(9-11-26)28-14-22(32)30-15-20(31)13-21(30)23(33)35-4/h5-7,12,19-21,28,31H,8-11,13-16H2,1-4H3,(H,29,34)/t19-,20-,21+,26-/m1/s1. The number of nitrogens with zero attached hydrogens (tertiary/aromatic N) is 1. The number of benzene rings is 1. The van der Waals surface area contributed by atoms with Crippen LogP contribution >= 0.6 is 11.6 Å². The molecule has 1 heterocycles. The highest BCUT2D eigenvalue weighted by Crippen LogP contribution is 2.40. The van der Waals surface area contributed by atoms with Crippen LogP contribution in [0, 0.1) is 0 Å². The first-order valence-corrected chi connectivity index (χ1v) is 12.8. The van der Waals surface area contributed by atoms with Gasteiger partial charge in [0.1, 0.15) is 11.6 Å². The van der Waals surface area contributed by atoms with Gasteiger partial charge in [-0.1, -0.05) is 23.7 Å². The van der Waals surface area contributed by atoms with Crippen molar-refractivity contribution in [3.8, 4) is 0 Å². The second-order valence-electron chi connectivity index (χ2n) is 10.8. The maximum atomic E-state index is 12.8. The topological polar surface area (TPSA) is 117 Å². The number of amides is 2. The number of carbonyl (C=O) groups excluding carboxylic acids is 3. The molecule has 1 aromatic rings. The van der Waals surface area contributed by atoms with Gasteiger partial charge in [0.2, 0.25) is 5.91 Å². The van der Waals surface area contributed by atoms with Crippen LogP contribution in [-0.4, -0.2) is 78.5 Å². The molecule has 3 N–H and O–H groups in total. The zero-order chi connectivity index (χ0) is 26.5. The molecule has 1 saturated heterocycles. The lowest BCUT2D eigenvalue weighted by Gasteiger charge is -2.41. The number of likely N-dealkylation sites (tertiary alicyclic amines) is 1. The molecule has 0 bridgehead atoms. The van der Waals surface area contributed by atoms with Crippen LogP contribution in [0.1, 0.15) is 58.4 Å². The largest absolute Gasteiger partial charge is 0.467 e. The van der Waals surface area contributed by atoms with Crippen molar-refractivity contribution in [1.29, 1.82) is 0 Å². The van der Waals surface area contributed by atoms with Crippen LogP contribution in [0.5, 0.6) is 0 Å². The van der Waals surface area contributed by atoms with Gasteiger partial charge in [-0.3, -0.25) is 4.79 Å². The number of ether oxygens (including phenoxy) is 2. The van der Waals surface area contributed by atoms with Crippen LogP contribution in [0.25, 0.3) is 0 Å². The van der Waals surface area contributed by atoms with Crippen LogP contribution in [0.4, 0.5) is 4.79 Å². The number of nitrogens with one attached hydrogen (secondary N) is 2. The number of β-amino-alcohol motifs (C(OH)–C–C–N with tert-alkyl or cyclic N) is 1. The molecule has 3 rings (SSSR count). The molecule has 2 fully saturated rings. The van der Waals surface area contributed by atoms with E-state index in [1.807, 2.05) is 45.0 Å². The van der Waals surface area contributed by atoms with Gasteiger partial charge in [0.05, 0.1) is 19.8 Å². The number of hydrogen-bond donors (Lipinski definition) is 3. The number of alkyl carbamates (subject to hydrolysis) is 1. The van der Waals surface area contributed by atoms with Crippen molar-refractivity contribution in [1.82, 2.24) is 15.5 Å². The number of hydrogen-bond acceptors (Lipinski definition) is 7. The van der Waals surface area contributed by atoms with Gasteiger partial charge in [0.15, 0.2) is 0 Å². The van der Waals surface area contributed by atoms with E-state index in [1.54, 1.807) is 0 Å². The Morgan fingerprint density at radius 2 is 1.92 bits per heavy atom. The summed E-state index contributed by atoms with van der Waals surface area (Å²) in [6.07, 6.45) is 2.14. The fourth-order valence-electron chi connectivity index (χ4n) is 5.10. The second-order valence-corrected chi connectivity index (χ2v) is 11.2. The minimum absolute atomic E-state index is 0.0746. The summed E-state index contributed by atoms with van der Waals surface area (Å²) in [5, 5.41) is 16.9. The summed E-state index contributed by atoms with van der Waals surface area (Å²) >= 11 is 6.29. The summed E-state index contributed by atoms with van der Waals surface area (Å²) in [5.74, 6) is -0.749. The smallest absolute Gasteiger partial charge is 0.407 e. The first-order chi connectivity index (χ1) is 16.9. The zero-order valence-electron chi connectivity index (χ0n) is 21.5. The average molecular weight is 524 g/mol. The van der Waals surface area contributed by atoms with Crippen molar-refractivity contribution in [2.24, 2.45) is 0 Å². The van der Waals surface area contributed by atoms with Gasteiger partial charge in [-0.05, 0) is 64.2 Å². The van der Waals surface area contributed by atoms with Gasteiger partial charge in [-0.2, -0.15) is 0 Å². The highest BCUT2D eigenvalue weighted by atomic mass is 35.5. The Kier molecular flexibility index (Phi) is 9.24. The molecule has 10 heteroatoms. The summed E-state index contributed by atoms with van der Waals surface area (Å²) in [5.41, 5.74) is 0.172. The van der Waals surface area contributed by atoms with E-state index >= 15 is 0 Å². The maximum absolute atomic E-state index is 12.8. The van der Waals surface area contributed by atoms with Crippen LogP contribution in [0.15, 0.2) is 24.3 Å². The predicted molar refractivity (Wildman–Crippen MR) is 136 cm³/mol. The van der Waals surface area contributed by atoms with E-state index in [1.165, 1.54) is 12.0 Å². The first-order valence-electron chi connectivity index (χ1n) is 12.4. The third kappa shape index (κ3) is 7.33. The van der Waals surface area contributed by atoms with Gasteiger partial charge in [-0.15, -0.1) is 0 Å². The lowest BCUT2D eigenvalue weighted by atomic mass is 9.68. The molecule has 0 radical (unpaired) electrons. The third-order valence-electron chi connectivity index (χ3n) is 6.96. The molecule has 1 saturated carbocycles. The third-order valence-corrected chi connectivity index (χ3v) is 7.20. The highest BCUT2D eigenvalue weighted by molar-refractivity contribution is 6.30. The van der Waals surface area contributed by atoms with Gasteiger partial charge < -0.3 is 30.1 Å². The molecule has 2 aliphatic rings. The Labute approximate surface area is 217 Å². The summed E-state index contributed by atoms with van der Waals surface area (Å²) in [6, 6.07) is 7.08. The minimum atomic E-state index is -0.750. The van der Waals surface area contributed by atoms with Crippen molar-refractivity contribution in [3.05, 3.63) is 34.9 Å². The number of esters is 1. The number of carbonyl (C=O) groups is 3. The average Bonchev–Trinajstić information content (AvgIpc) is 3.22. The Balaban J connectivity index is 1.61. The van der Waals surface area contributed by atoms with Gasteiger partial charge in [0, 0.05) is 36.0 Å². The number of rotatable bonds is 7. The van der Waals surface area contributed by atoms with Crippen LogP contribution in [-0.2, 0) is 24.5 Å². The van der Waals surface area contributed by atoms with Gasteiger partial charge in [0.25, 0.3) is 0 Å². The Morgan fingerprint density at radius 3 is 2.53 bits per heavy atom. The Bertz CT molecular complexity index is 942. The number of methoxy groups -OCH3 is 1. The summed E-state index contributed by atoms with van der Waals surface area (Å²) < 4.78 is 10.2. The maximum Gasteiger partial charge on any atom is 0.407 e. The zero-order valence-corrected chi connectivity index (χ0v) is 22.3. The summed E-state index contributed by atoms with van der Waals surface area (Å²) in [7, 11) is 1.28. The molecule has 36 heavy (non-hydrogen) atoms. The van der Waals surface area contributed by atoms with Crippen molar-refractivity contribution in [2.45, 2.75) is 82.1 Å². The molecular weight excluding hydrogens is 486 g/mol. The molecule has 0 unspecified atom stereocenters. The first kappa shape index (κ1) is 28.2. The van der Waals surface area contributed by atoms with E-state index in [4.69, 9.17) is 21.1 Å². The highest BCUT2D eigenvalue weighted by Gasteiger charge is 2.41. The van der Waals surface area contributed by atoms with Crippen LogP contribution in [0.3, 0.4) is 0 Å². The van der Waals surface area contributed by atoms with E-state index in [2.05, 4.69) is 10.6 Å². The molecule has 2 amide bonds. The quantitative estimate of drug-likeness (QED) is 0.470. The van der Waals surface area contributed by atoms with E-state index < -0.39 is 29.8 Å². The van der Waals surface area contributed by atoms with Crippen molar-refractivity contribution < 1.29 is 29.0 Å². The molecule has 0 spiro atoms. The molecule has 9 nitrogen and oxygen atoms in total. The molecule has 1 aliphatic carbocycles. The van der Waals surface area contributed by atoms with E-state index in [-0.39, 0.29) is 36.9 Å². The van der Waals surface area contributed by atoms with Gasteiger partial charge in [-0.25, -0.2) is 9.59 Å². The lowest BCUT2D eigenvalue weighted by Crippen LogP contribution is -2.50. The second kappa shape index (κ2) is 11.8. The summed E-state index contributed by atoms with van der Waals surface area (Å²) in [4.78, 5) is 38.6. The number of aliphatic hydroxyl groups is 1. The molecule has 1 aliphatic heterocycles. The van der Waals surface area contributed by atoms with E-state index in [0.29, 0.717) is 11.6 Å². The SMILES string of the molecule is COC(=O)[C@@H]1C[C@@H](O)CN1C(=O)CN[C@H]1CC[C@](CNC(=O)OC(C)(C)C)(c2cccc(Cl)c2)CC1.